The smallest absolute Gasteiger partial charge is 0.257 e. The first-order chi connectivity index (χ1) is 12.1. The van der Waals surface area contributed by atoms with Gasteiger partial charge in [-0.05, 0) is 31.0 Å². The standard InChI is InChI=1S/C18H19N3O4/c1-24-15-6-5-14(8-16(15)25-2)21-18(23)12-7-11(9-19-10-12)17(22)20-13-3-4-13/h5-10,13H,3-4H2,1-2H3,(H,20,22)(H,21,23). The van der Waals surface area contributed by atoms with E-state index >= 15 is 0 Å². The largest absolute Gasteiger partial charge is 0.493 e. The number of hydrogen-bond donors (Lipinski definition) is 2. The van der Waals surface area contributed by atoms with Gasteiger partial charge in [0.1, 0.15) is 0 Å². The third-order valence-corrected chi connectivity index (χ3v) is 3.82. The fourth-order valence-corrected chi connectivity index (χ4v) is 2.30. The van der Waals surface area contributed by atoms with Crippen molar-refractivity contribution in [2.75, 3.05) is 19.5 Å². The van der Waals surface area contributed by atoms with Crippen molar-refractivity contribution in [3.8, 4) is 11.5 Å². The van der Waals surface area contributed by atoms with E-state index in [4.69, 9.17) is 9.47 Å². The summed E-state index contributed by atoms with van der Waals surface area (Å²) in [4.78, 5) is 28.5. The van der Waals surface area contributed by atoms with E-state index in [0.29, 0.717) is 28.3 Å². The van der Waals surface area contributed by atoms with Crippen LogP contribution in [0.4, 0.5) is 5.69 Å². The van der Waals surface area contributed by atoms with Gasteiger partial charge in [0.15, 0.2) is 11.5 Å². The Labute approximate surface area is 145 Å². The average Bonchev–Trinajstić information content (AvgIpc) is 3.45. The lowest BCUT2D eigenvalue weighted by Gasteiger charge is -2.11. The van der Waals surface area contributed by atoms with E-state index in [0.717, 1.165) is 12.8 Å². The summed E-state index contributed by atoms with van der Waals surface area (Å²) in [6, 6.07) is 6.84. The summed E-state index contributed by atoms with van der Waals surface area (Å²) in [6.07, 6.45) is 4.87. The SMILES string of the molecule is COc1ccc(NC(=O)c2cncc(C(=O)NC3CC3)c2)cc1OC. The van der Waals surface area contributed by atoms with E-state index < -0.39 is 0 Å². The molecule has 130 valence electrons. The lowest BCUT2D eigenvalue weighted by atomic mass is 10.1. The number of nitrogens with one attached hydrogen (secondary N) is 2. The second-order valence-electron chi connectivity index (χ2n) is 5.73. The van der Waals surface area contributed by atoms with Gasteiger partial charge in [0.2, 0.25) is 0 Å². The second kappa shape index (κ2) is 7.21. The number of amides is 2. The number of carbonyl (C=O) groups excluding carboxylic acids is 2. The molecule has 7 heteroatoms. The van der Waals surface area contributed by atoms with E-state index in [1.807, 2.05) is 0 Å². The van der Waals surface area contributed by atoms with Crippen LogP contribution in [-0.2, 0) is 0 Å². The molecule has 2 amide bonds. The molecule has 0 atom stereocenters. The monoisotopic (exact) mass is 341 g/mol. The lowest BCUT2D eigenvalue weighted by molar-refractivity contribution is 0.0950. The van der Waals surface area contributed by atoms with Crippen LogP contribution in [0.15, 0.2) is 36.7 Å². The Balaban J connectivity index is 1.73. The number of rotatable bonds is 6. The molecule has 2 aromatic rings. The fourth-order valence-electron chi connectivity index (χ4n) is 2.30. The summed E-state index contributed by atoms with van der Waals surface area (Å²) in [5.41, 5.74) is 1.22. The van der Waals surface area contributed by atoms with Crippen molar-refractivity contribution < 1.29 is 19.1 Å². The highest BCUT2D eigenvalue weighted by Gasteiger charge is 2.24. The van der Waals surface area contributed by atoms with Crippen molar-refractivity contribution >= 4 is 17.5 Å². The van der Waals surface area contributed by atoms with Crippen LogP contribution >= 0.6 is 0 Å². The minimum Gasteiger partial charge on any atom is -0.493 e. The summed E-state index contributed by atoms with van der Waals surface area (Å²) >= 11 is 0. The molecule has 1 aromatic heterocycles. The molecule has 1 saturated carbocycles. The van der Waals surface area contributed by atoms with Crippen LogP contribution in [-0.4, -0.2) is 37.1 Å². The van der Waals surface area contributed by atoms with Gasteiger partial charge in [-0.1, -0.05) is 0 Å². The van der Waals surface area contributed by atoms with Gasteiger partial charge < -0.3 is 20.1 Å². The zero-order valence-electron chi connectivity index (χ0n) is 14.0. The lowest BCUT2D eigenvalue weighted by Crippen LogP contribution is -2.26. The number of aromatic nitrogens is 1. The van der Waals surface area contributed by atoms with E-state index in [1.54, 1.807) is 25.3 Å². The van der Waals surface area contributed by atoms with Crippen LogP contribution in [0.2, 0.25) is 0 Å². The molecule has 7 nitrogen and oxygen atoms in total. The van der Waals surface area contributed by atoms with Crippen LogP contribution in [0.25, 0.3) is 0 Å². The molecule has 1 heterocycles. The number of hydrogen-bond acceptors (Lipinski definition) is 5. The highest BCUT2D eigenvalue weighted by molar-refractivity contribution is 6.06. The molecule has 1 aliphatic carbocycles. The molecule has 0 radical (unpaired) electrons. The fraction of sp³-hybridized carbons (Fsp3) is 0.278. The minimum absolute atomic E-state index is 0.212. The number of pyridine rings is 1. The molecule has 0 bridgehead atoms. The Bertz CT molecular complexity index is 803. The zero-order valence-corrected chi connectivity index (χ0v) is 14.0. The molecule has 3 rings (SSSR count). The maximum atomic E-state index is 12.4. The van der Waals surface area contributed by atoms with Crippen LogP contribution in [0, 0.1) is 0 Å². The van der Waals surface area contributed by atoms with Gasteiger partial charge in [-0.25, -0.2) is 0 Å². The number of anilines is 1. The molecule has 25 heavy (non-hydrogen) atoms. The van der Waals surface area contributed by atoms with Crippen molar-refractivity contribution in [3.05, 3.63) is 47.8 Å². The summed E-state index contributed by atoms with van der Waals surface area (Å²) in [6.45, 7) is 0. The molecule has 0 spiro atoms. The van der Waals surface area contributed by atoms with Gasteiger partial charge in [-0.15, -0.1) is 0 Å². The molecule has 2 N–H and O–H groups in total. The molecular formula is C18H19N3O4. The average molecular weight is 341 g/mol. The van der Waals surface area contributed by atoms with Gasteiger partial charge in [-0.3, -0.25) is 14.6 Å². The van der Waals surface area contributed by atoms with Crippen molar-refractivity contribution in [1.82, 2.24) is 10.3 Å². The molecule has 1 aliphatic rings. The molecule has 0 aliphatic heterocycles. The molecule has 1 fully saturated rings. The van der Waals surface area contributed by atoms with E-state index in [1.165, 1.54) is 25.6 Å². The van der Waals surface area contributed by atoms with Gasteiger partial charge in [0.25, 0.3) is 11.8 Å². The third kappa shape index (κ3) is 4.06. The van der Waals surface area contributed by atoms with E-state index in [9.17, 15) is 9.59 Å². The molecular weight excluding hydrogens is 322 g/mol. The summed E-state index contributed by atoms with van der Waals surface area (Å²) in [5, 5.41) is 5.63. The van der Waals surface area contributed by atoms with Crippen molar-refractivity contribution in [2.45, 2.75) is 18.9 Å². The van der Waals surface area contributed by atoms with Crippen molar-refractivity contribution in [3.63, 3.8) is 0 Å². The Kier molecular flexibility index (Phi) is 4.83. The van der Waals surface area contributed by atoms with Crippen LogP contribution < -0.4 is 20.1 Å². The van der Waals surface area contributed by atoms with Crippen LogP contribution in [0.3, 0.4) is 0 Å². The second-order valence-corrected chi connectivity index (χ2v) is 5.73. The third-order valence-electron chi connectivity index (χ3n) is 3.82. The Hall–Kier alpha value is -3.09. The predicted octanol–water partition coefficient (Wildman–Crippen LogP) is 2.24. The molecule has 0 unspecified atom stereocenters. The van der Waals surface area contributed by atoms with E-state index in [2.05, 4.69) is 15.6 Å². The van der Waals surface area contributed by atoms with Crippen LogP contribution in [0.5, 0.6) is 11.5 Å². The molecule has 0 saturated heterocycles. The normalized spacial score (nSPS) is 13.0. The zero-order chi connectivity index (χ0) is 17.8. The maximum Gasteiger partial charge on any atom is 0.257 e. The minimum atomic E-state index is -0.360. The highest BCUT2D eigenvalue weighted by atomic mass is 16.5. The molecule has 1 aromatic carbocycles. The van der Waals surface area contributed by atoms with Crippen molar-refractivity contribution in [2.24, 2.45) is 0 Å². The van der Waals surface area contributed by atoms with Crippen molar-refractivity contribution in [1.29, 1.82) is 0 Å². The number of methoxy groups -OCH3 is 2. The Morgan fingerprint density at radius 2 is 1.68 bits per heavy atom. The highest BCUT2D eigenvalue weighted by Crippen LogP contribution is 2.29. The van der Waals surface area contributed by atoms with Gasteiger partial charge in [0, 0.05) is 30.2 Å². The number of carbonyl (C=O) groups is 2. The Morgan fingerprint density at radius 1 is 1.00 bits per heavy atom. The maximum absolute atomic E-state index is 12.4. The first kappa shape index (κ1) is 16.8. The summed E-state index contributed by atoms with van der Waals surface area (Å²) in [5.74, 6) is 0.508. The number of benzene rings is 1. The van der Waals surface area contributed by atoms with E-state index in [-0.39, 0.29) is 17.9 Å². The summed E-state index contributed by atoms with van der Waals surface area (Å²) in [7, 11) is 3.06. The topological polar surface area (TPSA) is 89.5 Å². The van der Waals surface area contributed by atoms with Crippen LogP contribution in [0.1, 0.15) is 33.6 Å². The first-order valence-corrected chi connectivity index (χ1v) is 7.90. The summed E-state index contributed by atoms with van der Waals surface area (Å²) < 4.78 is 10.4. The predicted molar refractivity (Wildman–Crippen MR) is 92.2 cm³/mol. The van der Waals surface area contributed by atoms with Gasteiger partial charge in [0.05, 0.1) is 25.3 Å². The van der Waals surface area contributed by atoms with Gasteiger partial charge in [-0.2, -0.15) is 0 Å². The Morgan fingerprint density at radius 3 is 2.32 bits per heavy atom. The number of ether oxygens (including phenoxy) is 2. The first-order valence-electron chi connectivity index (χ1n) is 7.90. The quantitative estimate of drug-likeness (QED) is 0.841. The van der Waals surface area contributed by atoms with Gasteiger partial charge >= 0.3 is 0 Å². The number of nitrogens with zero attached hydrogens (tertiary/aromatic N) is 1.